The molecule has 0 saturated carbocycles. The van der Waals surface area contributed by atoms with Crippen LogP contribution in [0.5, 0.6) is 0 Å². The van der Waals surface area contributed by atoms with Gasteiger partial charge in [0.2, 0.25) is 0 Å². The van der Waals surface area contributed by atoms with Gasteiger partial charge in [-0.25, -0.2) is 10.6 Å². The predicted molar refractivity (Wildman–Crippen MR) is 98.4 cm³/mol. The Morgan fingerprint density at radius 2 is 1.88 bits per heavy atom. The average molecular weight is 350 g/mol. The van der Waals surface area contributed by atoms with Crippen LogP contribution in [0.4, 0.5) is 5.69 Å². The topological polar surface area (TPSA) is 81.9 Å². The molecule has 0 aliphatic rings. The number of ether oxygens (including phenoxy) is 2. The summed E-state index contributed by atoms with van der Waals surface area (Å²) in [6.07, 6.45) is 2.64. The molecule has 0 aliphatic heterocycles. The Morgan fingerprint density at radius 3 is 2.44 bits per heavy atom. The van der Waals surface area contributed by atoms with Crippen molar-refractivity contribution in [1.82, 2.24) is 0 Å². The van der Waals surface area contributed by atoms with Crippen molar-refractivity contribution in [2.45, 2.75) is 59.0 Å². The highest BCUT2D eigenvalue weighted by Crippen LogP contribution is 2.23. The Balaban J connectivity index is 2.79. The molecule has 1 aromatic rings. The van der Waals surface area contributed by atoms with Gasteiger partial charge in [-0.2, -0.15) is 0 Å². The molecule has 140 valence electrons. The van der Waals surface area contributed by atoms with E-state index >= 15 is 0 Å². The van der Waals surface area contributed by atoms with E-state index in [1.165, 1.54) is 5.01 Å². The lowest BCUT2D eigenvalue weighted by Crippen LogP contribution is -2.27. The van der Waals surface area contributed by atoms with E-state index in [0.717, 1.165) is 24.1 Å². The minimum absolute atomic E-state index is 0.179. The zero-order valence-electron chi connectivity index (χ0n) is 15.9. The van der Waals surface area contributed by atoms with Crippen LogP contribution in [0.3, 0.4) is 0 Å². The van der Waals surface area contributed by atoms with Crippen LogP contribution in [0.25, 0.3) is 0 Å². The fourth-order valence-corrected chi connectivity index (χ4v) is 2.41. The number of hydrogen-bond acceptors (Lipinski definition) is 6. The number of unbranched alkanes of at least 4 members (excludes halogenated alkanes) is 1. The summed E-state index contributed by atoms with van der Waals surface area (Å²) >= 11 is 0. The minimum Gasteiger partial charge on any atom is -0.466 e. The van der Waals surface area contributed by atoms with E-state index in [0.29, 0.717) is 25.0 Å². The highest BCUT2D eigenvalue weighted by Gasteiger charge is 2.19. The highest BCUT2D eigenvalue weighted by molar-refractivity contribution is 5.90. The van der Waals surface area contributed by atoms with E-state index in [-0.39, 0.29) is 11.9 Å². The number of nitrogens with two attached hydrogens (primary N) is 1. The first-order valence-electron chi connectivity index (χ1n) is 8.64. The lowest BCUT2D eigenvalue weighted by molar-refractivity contribution is -0.143. The molecule has 6 nitrogen and oxygen atoms in total. The van der Waals surface area contributed by atoms with Crippen molar-refractivity contribution in [2.24, 2.45) is 5.84 Å². The number of esters is 2. The second kappa shape index (κ2) is 9.42. The molecular formula is C19H30N2O4. The second-order valence-corrected chi connectivity index (χ2v) is 6.97. The lowest BCUT2D eigenvalue weighted by atomic mass is 10.0. The molecule has 25 heavy (non-hydrogen) atoms. The molecule has 0 bridgehead atoms. The molecule has 0 radical (unpaired) electrons. The SMILES string of the molecule is CCOC(=O)CCCCc1cc(C(=O)OC(C)(C)C)ccc1N(C)N. The van der Waals surface area contributed by atoms with Gasteiger partial charge in [-0.05, 0) is 70.7 Å². The van der Waals surface area contributed by atoms with Gasteiger partial charge in [0.05, 0.1) is 17.9 Å². The fraction of sp³-hybridized carbons (Fsp3) is 0.579. The van der Waals surface area contributed by atoms with Crippen molar-refractivity contribution >= 4 is 17.6 Å². The van der Waals surface area contributed by atoms with Crippen LogP contribution in [0.2, 0.25) is 0 Å². The maximum absolute atomic E-state index is 12.3. The van der Waals surface area contributed by atoms with Crippen molar-refractivity contribution in [2.75, 3.05) is 18.7 Å². The maximum Gasteiger partial charge on any atom is 0.338 e. The summed E-state index contributed by atoms with van der Waals surface area (Å²) in [6, 6.07) is 5.35. The Bertz CT molecular complexity index is 592. The van der Waals surface area contributed by atoms with Gasteiger partial charge in [-0.15, -0.1) is 0 Å². The first-order chi connectivity index (χ1) is 11.6. The number of carbonyl (C=O) groups is 2. The molecule has 0 amide bonds. The summed E-state index contributed by atoms with van der Waals surface area (Å²) in [5.41, 5.74) is 1.77. The van der Waals surface area contributed by atoms with Crippen LogP contribution >= 0.6 is 0 Å². The summed E-state index contributed by atoms with van der Waals surface area (Å²) in [6.45, 7) is 7.71. The van der Waals surface area contributed by atoms with Crippen LogP contribution < -0.4 is 10.9 Å². The Labute approximate surface area is 150 Å². The quantitative estimate of drug-likeness (QED) is 0.335. The zero-order valence-corrected chi connectivity index (χ0v) is 15.9. The highest BCUT2D eigenvalue weighted by atomic mass is 16.6. The Kier molecular flexibility index (Phi) is 7.90. The first-order valence-corrected chi connectivity index (χ1v) is 8.64. The van der Waals surface area contributed by atoms with Gasteiger partial charge in [-0.3, -0.25) is 4.79 Å². The maximum atomic E-state index is 12.3. The van der Waals surface area contributed by atoms with E-state index < -0.39 is 5.60 Å². The van der Waals surface area contributed by atoms with Gasteiger partial charge in [-0.1, -0.05) is 0 Å². The molecular weight excluding hydrogens is 320 g/mol. The van der Waals surface area contributed by atoms with Gasteiger partial charge in [0.15, 0.2) is 0 Å². The molecule has 2 N–H and O–H groups in total. The number of benzene rings is 1. The Morgan fingerprint density at radius 1 is 1.20 bits per heavy atom. The van der Waals surface area contributed by atoms with Crippen molar-refractivity contribution in [3.8, 4) is 0 Å². The van der Waals surface area contributed by atoms with Gasteiger partial charge >= 0.3 is 11.9 Å². The number of rotatable bonds is 8. The summed E-state index contributed by atoms with van der Waals surface area (Å²) in [5.74, 6) is 5.34. The van der Waals surface area contributed by atoms with Crippen molar-refractivity contribution in [1.29, 1.82) is 0 Å². The van der Waals surface area contributed by atoms with Crippen LogP contribution in [-0.2, 0) is 20.7 Å². The molecule has 0 aliphatic carbocycles. The van der Waals surface area contributed by atoms with Gasteiger partial charge in [0.25, 0.3) is 0 Å². The third-order valence-electron chi connectivity index (χ3n) is 3.48. The molecule has 1 aromatic carbocycles. The van der Waals surface area contributed by atoms with Crippen molar-refractivity contribution in [3.63, 3.8) is 0 Å². The second-order valence-electron chi connectivity index (χ2n) is 6.97. The van der Waals surface area contributed by atoms with E-state index in [4.69, 9.17) is 15.3 Å². The third kappa shape index (κ3) is 7.56. The molecule has 0 aromatic heterocycles. The third-order valence-corrected chi connectivity index (χ3v) is 3.48. The number of aryl methyl sites for hydroxylation is 1. The zero-order chi connectivity index (χ0) is 19.0. The van der Waals surface area contributed by atoms with E-state index in [1.54, 1.807) is 20.0 Å². The fourth-order valence-electron chi connectivity index (χ4n) is 2.41. The van der Waals surface area contributed by atoms with Crippen molar-refractivity contribution < 1.29 is 19.1 Å². The van der Waals surface area contributed by atoms with Gasteiger partial charge in [0, 0.05) is 13.5 Å². The van der Waals surface area contributed by atoms with Crippen LogP contribution in [0.15, 0.2) is 18.2 Å². The minimum atomic E-state index is -0.541. The summed E-state index contributed by atoms with van der Waals surface area (Å²) < 4.78 is 10.3. The lowest BCUT2D eigenvalue weighted by Gasteiger charge is -2.21. The van der Waals surface area contributed by atoms with Gasteiger partial charge in [0.1, 0.15) is 5.60 Å². The van der Waals surface area contributed by atoms with E-state index in [2.05, 4.69) is 0 Å². The predicted octanol–water partition coefficient (Wildman–Crippen LogP) is 3.23. The Hall–Kier alpha value is -2.08. The first kappa shape index (κ1) is 21.0. The number of anilines is 1. The number of hydrazine groups is 1. The standard InChI is InChI=1S/C19H30N2O4/c1-6-24-17(22)10-8-7-9-14-13-15(11-12-16(14)21(5)20)18(23)25-19(2,3)4/h11-13H,6-10,20H2,1-5H3. The van der Waals surface area contributed by atoms with Crippen LogP contribution in [-0.4, -0.2) is 31.2 Å². The number of nitrogens with zero attached hydrogens (tertiary/aromatic N) is 1. The summed E-state index contributed by atoms with van der Waals surface area (Å²) in [7, 11) is 1.75. The van der Waals surface area contributed by atoms with E-state index in [9.17, 15) is 9.59 Å². The molecule has 0 fully saturated rings. The molecule has 1 rings (SSSR count). The molecule has 6 heteroatoms. The number of hydrogen-bond donors (Lipinski definition) is 1. The van der Waals surface area contributed by atoms with E-state index in [1.807, 2.05) is 32.9 Å². The molecule has 0 spiro atoms. The van der Waals surface area contributed by atoms with Crippen molar-refractivity contribution in [3.05, 3.63) is 29.3 Å². The normalized spacial score (nSPS) is 11.1. The van der Waals surface area contributed by atoms with Crippen LogP contribution in [0, 0.1) is 0 Å². The molecule has 0 heterocycles. The summed E-state index contributed by atoms with van der Waals surface area (Å²) in [5, 5.41) is 1.53. The van der Waals surface area contributed by atoms with Crippen LogP contribution in [0.1, 0.15) is 62.9 Å². The molecule has 0 saturated heterocycles. The summed E-state index contributed by atoms with van der Waals surface area (Å²) in [4.78, 5) is 23.7. The number of carbonyl (C=O) groups excluding carboxylic acids is 2. The van der Waals surface area contributed by atoms with Gasteiger partial charge < -0.3 is 14.5 Å². The molecule has 0 atom stereocenters. The monoisotopic (exact) mass is 350 g/mol. The smallest absolute Gasteiger partial charge is 0.338 e. The molecule has 0 unspecified atom stereocenters. The largest absolute Gasteiger partial charge is 0.466 e. The average Bonchev–Trinajstić information content (AvgIpc) is 2.49.